The van der Waals surface area contributed by atoms with Crippen LogP contribution in [0.25, 0.3) is 0 Å². The van der Waals surface area contributed by atoms with Gasteiger partial charge in [0, 0.05) is 6.61 Å². The van der Waals surface area contributed by atoms with Gasteiger partial charge in [-0.2, -0.15) is 0 Å². The lowest BCUT2D eigenvalue weighted by atomic mass is 10.0. The normalized spacial score (nSPS) is 14.4. The van der Waals surface area contributed by atoms with Crippen molar-refractivity contribution >= 4 is 8.32 Å². The number of benzene rings is 1. The molecule has 0 unspecified atom stereocenters. The zero-order valence-electron chi connectivity index (χ0n) is 19.4. The number of rotatable bonds is 14. The van der Waals surface area contributed by atoms with Crippen LogP contribution in [0, 0.1) is 0 Å². The Balaban J connectivity index is 2.48. The molecule has 0 spiro atoms. The summed E-state index contributed by atoms with van der Waals surface area (Å²) in [4.78, 5) is 0. The van der Waals surface area contributed by atoms with Gasteiger partial charge in [-0.05, 0) is 67.9 Å². The van der Waals surface area contributed by atoms with E-state index >= 15 is 0 Å². The van der Waals surface area contributed by atoms with Gasteiger partial charge in [-0.3, -0.25) is 0 Å². The molecule has 29 heavy (non-hydrogen) atoms. The lowest BCUT2D eigenvalue weighted by molar-refractivity contribution is -0.00155. The number of hydrogen-bond donors (Lipinski definition) is 1. The van der Waals surface area contributed by atoms with Crippen LogP contribution in [0.2, 0.25) is 18.1 Å². The van der Waals surface area contributed by atoms with Crippen LogP contribution >= 0.6 is 0 Å². The fourth-order valence-corrected chi connectivity index (χ4v) is 3.90. The molecular formula is C24H42O4Si. The van der Waals surface area contributed by atoms with Crippen LogP contribution in [0.1, 0.15) is 58.4 Å². The van der Waals surface area contributed by atoms with E-state index in [1.807, 2.05) is 24.3 Å². The van der Waals surface area contributed by atoms with E-state index in [9.17, 15) is 5.11 Å². The SMILES string of the molecule is C=CC[C@@H](O)C[C@@H](CCCCO[Si](C)(C)C(C)(C)C)OCc1ccc(OC)cc1. The van der Waals surface area contributed by atoms with Crippen LogP contribution in [-0.2, 0) is 15.8 Å². The highest BCUT2D eigenvalue weighted by atomic mass is 28.4. The van der Waals surface area contributed by atoms with E-state index in [1.165, 1.54) is 0 Å². The second-order valence-electron chi connectivity index (χ2n) is 9.30. The van der Waals surface area contributed by atoms with Crippen LogP contribution in [0.5, 0.6) is 5.75 Å². The minimum atomic E-state index is -1.68. The maximum Gasteiger partial charge on any atom is 0.191 e. The van der Waals surface area contributed by atoms with Crippen LogP contribution in [-0.4, -0.2) is 39.3 Å². The van der Waals surface area contributed by atoms with E-state index in [1.54, 1.807) is 13.2 Å². The fourth-order valence-electron chi connectivity index (χ4n) is 2.82. The van der Waals surface area contributed by atoms with E-state index in [4.69, 9.17) is 13.9 Å². The van der Waals surface area contributed by atoms with E-state index in [-0.39, 0.29) is 11.1 Å². The van der Waals surface area contributed by atoms with Crippen molar-refractivity contribution in [2.45, 2.75) is 89.8 Å². The lowest BCUT2D eigenvalue weighted by Crippen LogP contribution is -2.40. The summed E-state index contributed by atoms with van der Waals surface area (Å²) < 4.78 is 17.6. The smallest absolute Gasteiger partial charge is 0.191 e. The number of aliphatic hydroxyl groups is 1. The average Bonchev–Trinajstić information content (AvgIpc) is 2.65. The summed E-state index contributed by atoms with van der Waals surface area (Å²) in [5.74, 6) is 0.841. The van der Waals surface area contributed by atoms with Gasteiger partial charge in [0.1, 0.15) is 5.75 Å². The molecule has 166 valence electrons. The maximum atomic E-state index is 10.2. The largest absolute Gasteiger partial charge is 0.497 e. The standard InChI is InChI=1S/C24H42O4Si/c1-8-11-21(25)18-23(27-19-20-13-15-22(26-5)16-14-20)12-9-10-17-28-29(6,7)24(2,3)4/h8,13-16,21,23,25H,1,9-12,17-19H2,2-7H3/t21-,23-/m1/s1. The molecule has 1 aromatic carbocycles. The predicted molar refractivity (Wildman–Crippen MR) is 124 cm³/mol. The van der Waals surface area contributed by atoms with Crippen molar-refractivity contribution in [2.24, 2.45) is 0 Å². The quantitative estimate of drug-likeness (QED) is 0.223. The Kier molecular flexibility index (Phi) is 11.2. The molecule has 0 fully saturated rings. The Labute approximate surface area is 179 Å². The highest BCUT2D eigenvalue weighted by molar-refractivity contribution is 6.74. The van der Waals surface area contributed by atoms with Gasteiger partial charge in [0.15, 0.2) is 8.32 Å². The third-order valence-electron chi connectivity index (χ3n) is 5.81. The molecule has 1 N–H and O–H groups in total. The molecule has 0 radical (unpaired) electrons. The summed E-state index contributed by atoms with van der Waals surface area (Å²) in [5, 5.41) is 10.4. The van der Waals surface area contributed by atoms with Gasteiger partial charge in [-0.15, -0.1) is 6.58 Å². The zero-order valence-corrected chi connectivity index (χ0v) is 20.4. The molecule has 4 nitrogen and oxygen atoms in total. The second kappa shape index (κ2) is 12.5. The Hall–Kier alpha value is -1.14. The number of ether oxygens (including phenoxy) is 2. The van der Waals surface area contributed by atoms with Gasteiger partial charge in [-0.1, -0.05) is 39.0 Å². The molecule has 0 bridgehead atoms. The molecule has 0 heterocycles. The van der Waals surface area contributed by atoms with Gasteiger partial charge < -0.3 is 19.0 Å². The molecule has 0 aromatic heterocycles. The van der Waals surface area contributed by atoms with Gasteiger partial charge >= 0.3 is 0 Å². The molecule has 0 amide bonds. The van der Waals surface area contributed by atoms with E-state index in [0.29, 0.717) is 19.4 Å². The fraction of sp³-hybridized carbons (Fsp3) is 0.667. The molecule has 5 heteroatoms. The first kappa shape index (κ1) is 25.9. The summed E-state index contributed by atoms with van der Waals surface area (Å²) in [6.45, 7) is 16.4. The van der Waals surface area contributed by atoms with Crippen molar-refractivity contribution in [3.8, 4) is 5.75 Å². The van der Waals surface area contributed by atoms with Gasteiger partial charge in [-0.25, -0.2) is 0 Å². The van der Waals surface area contributed by atoms with Gasteiger partial charge in [0.05, 0.1) is 25.9 Å². The van der Waals surface area contributed by atoms with Crippen molar-refractivity contribution < 1.29 is 19.0 Å². The van der Waals surface area contributed by atoms with Crippen molar-refractivity contribution in [1.29, 1.82) is 0 Å². The molecule has 1 aromatic rings. The summed E-state index contributed by atoms with van der Waals surface area (Å²) in [6, 6.07) is 7.92. The minimum Gasteiger partial charge on any atom is -0.497 e. The third-order valence-corrected chi connectivity index (χ3v) is 10.3. The van der Waals surface area contributed by atoms with Crippen molar-refractivity contribution in [3.05, 3.63) is 42.5 Å². The number of unbranched alkanes of at least 4 members (excludes halogenated alkanes) is 1. The first-order chi connectivity index (χ1) is 13.6. The molecule has 0 saturated heterocycles. The Morgan fingerprint density at radius 3 is 2.34 bits per heavy atom. The Morgan fingerprint density at radius 2 is 1.79 bits per heavy atom. The highest BCUT2D eigenvalue weighted by Gasteiger charge is 2.36. The summed E-state index contributed by atoms with van der Waals surface area (Å²) in [7, 11) is -0.0147. The third kappa shape index (κ3) is 9.94. The molecule has 0 aliphatic carbocycles. The first-order valence-electron chi connectivity index (χ1n) is 10.8. The van der Waals surface area contributed by atoms with Crippen LogP contribution < -0.4 is 4.74 Å². The van der Waals surface area contributed by atoms with Crippen LogP contribution in [0.15, 0.2) is 36.9 Å². The Bertz CT molecular complexity index is 578. The summed E-state index contributed by atoms with van der Waals surface area (Å²) in [5.41, 5.74) is 1.11. The van der Waals surface area contributed by atoms with Crippen LogP contribution in [0.3, 0.4) is 0 Å². The van der Waals surface area contributed by atoms with Crippen molar-refractivity contribution in [3.63, 3.8) is 0 Å². The number of aliphatic hydroxyl groups excluding tert-OH is 1. The van der Waals surface area contributed by atoms with E-state index in [0.717, 1.165) is 37.2 Å². The van der Waals surface area contributed by atoms with E-state index < -0.39 is 14.4 Å². The Morgan fingerprint density at radius 1 is 1.14 bits per heavy atom. The number of hydrogen-bond acceptors (Lipinski definition) is 4. The predicted octanol–water partition coefficient (Wildman–Crippen LogP) is 6.10. The molecular weight excluding hydrogens is 380 g/mol. The minimum absolute atomic E-state index is 0.0277. The molecule has 1 rings (SSSR count). The van der Waals surface area contributed by atoms with Crippen LogP contribution in [0.4, 0.5) is 0 Å². The van der Waals surface area contributed by atoms with Crippen molar-refractivity contribution in [2.75, 3.05) is 13.7 Å². The van der Waals surface area contributed by atoms with Crippen molar-refractivity contribution in [1.82, 2.24) is 0 Å². The topological polar surface area (TPSA) is 47.9 Å². The first-order valence-corrected chi connectivity index (χ1v) is 13.7. The molecule has 0 aliphatic heterocycles. The lowest BCUT2D eigenvalue weighted by Gasteiger charge is -2.36. The zero-order chi connectivity index (χ0) is 21.9. The molecule has 0 saturated carbocycles. The van der Waals surface area contributed by atoms with Gasteiger partial charge in [0.25, 0.3) is 0 Å². The maximum absolute atomic E-state index is 10.2. The van der Waals surface area contributed by atoms with Gasteiger partial charge in [0.2, 0.25) is 0 Å². The summed E-state index contributed by atoms with van der Waals surface area (Å²) in [6.07, 6.45) is 5.58. The molecule has 0 aliphatic rings. The van der Waals surface area contributed by atoms with E-state index in [2.05, 4.69) is 40.4 Å². The average molecular weight is 423 g/mol. The second-order valence-corrected chi connectivity index (χ2v) is 14.1. The monoisotopic (exact) mass is 422 g/mol. The summed E-state index contributed by atoms with van der Waals surface area (Å²) >= 11 is 0. The highest BCUT2D eigenvalue weighted by Crippen LogP contribution is 2.36. The number of methoxy groups -OCH3 is 1. The molecule has 2 atom stereocenters.